The molecule has 0 radical (unpaired) electrons. The van der Waals surface area contributed by atoms with Crippen molar-refractivity contribution in [2.45, 2.75) is 34.6 Å². The number of hydrogen-bond acceptors (Lipinski definition) is 5. The van der Waals surface area contributed by atoms with Gasteiger partial charge in [-0.15, -0.1) is 0 Å². The van der Waals surface area contributed by atoms with Gasteiger partial charge in [0.15, 0.2) is 5.78 Å². The highest BCUT2D eigenvalue weighted by Crippen LogP contribution is 2.38. The summed E-state index contributed by atoms with van der Waals surface area (Å²) in [6, 6.07) is 8.66. The Hall–Kier alpha value is -3.15. The number of primary amides is 1. The normalized spacial score (nSPS) is 11.0. The Morgan fingerprint density at radius 1 is 0.893 bits per heavy atom. The summed E-state index contributed by atoms with van der Waals surface area (Å²) in [5.41, 5.74) is 6.51. The number of benzene rings is 2. The van der Waals surface area contributed by atoms with Crippen molar-refractivity contribution in [1.82, 2.24) is 0 Å². The molecule has 2 aromatic carbocycles. The van der Waals surface area contributed by atoms with Crippen LogP contribution in [0.2, 0.25) is 0 Å². The van der Waals surface area contributed by atoms with Gasteiger partial charge in [-0.05, 0) is 44.5 Å². The number of carbonyl (C=O) groups is 3. The smallest absolute Gasteiger partial charge is 0.204 e. The van der Waals surface area contributed by atoms with E-state index < -0.39 is 0 Å². The van der Waals surface area contributed by atoms with E-state index in [0.29, 0.717) is 47.0 Å². The SMILES string of the molecule is CC.CCOc1cccc2c1C(=O)c1c(OCC)cc(C)cc1C2=O.NC=O. The maximum absolute atomic E-state index is 13.0. The van der Waals surface area contributed by atoms with Gasteiger partial charge in [-0.3, -0.25) is 14.4 Å². The van der Waals surface area contributed by atoms with E-state index in [0.717, 1.165) is 5.56 Å². The molecule has 0 atom stereocenters. The van der Waals surface area contributed by atoms with E-state index in [2.05, 4.69) is 5.73 Å². The number of aryl methyl sites for hydroxylation is 1. The van der Waals surface area contributed by atoms with Crippen LogP contribution < -0.4 is 15.2 Å². The molecule has 150 valence electrons. The summed E-state index contributed by atoms with van der Waals surface area (Å²) < 4.78 is 11.2. The largest absolute Gasteiger partial charge is 0.493 e. The fraction of sp³-hybridized carbons (Fsp3) is 0.318. The molecular weight excluding hydrogens is 358 g/mol. The van der Waals surface area contributed by atoms with Crippen LogP contribution in [0.3, 0.4) is 0 Å². The van der Waals surface area contributed by atoms with Gasteiger partial charge < -0.3 is 15.2 Å². The van der Waals surface area contributed by atoms with Crippen molar-refractivity contribution in [3.8, 4) is 11.5 Å². The minimum Gasteiger partial charge on any atom is -0.493 e. The van der Waals surface area contributed by atoms with E-state index in [9.17, 15) is 9.59 Å². The predicted molar refractivity (Wildman–Crippen MR) is 108 cm³/mol. The number of hydrogen-bond donors (Lipinski definition) is 1. The van der Waals surface area contributed by atoms with Crippen molar-refractivity contribution in [1.29, 1.82) is 0 Å². The van der Waals surface area contributed by atoms with Crippen molar-refractivity contribution < 1.29 is 23.9 Å². The quantitative estimate of drug-likeness (QED) is 0.691. The van der Waals surface area contributed by atoms with Crippen LogP contribution in [0.1, 0.15) is 65.1 Å². The van der Waals surface area contributed by atoms with Gasteiger partial charge in [-0.1, -0.05) is 26.0 Å². The van der Waals surface area contributed by atoms with E-state index in [1.807, 2.05) is 34.6 Å². The zero-order chi connectivity index (χ0) is 21.3. The summed E-state index contributed by atoms with van der Waals surface area (Å²) in [6.07, 6.45) is 0.250. The number of rotatable bonds is 4. The van der Waals surface area contributed by atoms with Crippen LogP contribution in [0.25, 0.3) is 0 Å². The van der Waals surface area contributed by atoms with Gasteiger partial charge in [0.05, 0.1) is 24.3 Å². The molecule has 2 aromatic rings. The Balaban J connectivity index is 0.000000717. The average Bonchev–Trinajstić information content (AvgIpc) is 2.68. The molecule has 0 unspecified atom stereocenters. The van der Waals surface area contributed by atoms with Gasteiger partial charge >= 0.3 is 0 Å². The molecule has 1 amide bonds. The molecule has 6 nitrogen and oxygen atoms in total. The van der Waals surface area contributed by atoms with Crippen LogP contribution in [-0.2, 0) is 4.79 Å². The molecule has 0 aliphatic heterocycles. The molecule has 28 heavy (non-hydrogen) atoms. The Morgan fingerprint density at radius 3 is 2.00 bits per heavy atom. The molecule has 0 bridgehead atoms. The first-order chi connectivity index (χ1) is 13.5. The van der Waals surface area contributed by atoms with E-state index in [-0.39, 0.29) is 18.0 Å². The van der Waals surface area contributed by atoms with Crippen LogP contribution in [0.5, 0.6) is 11.5 Å². The summed E-state index contributed by atoms with van der Waals surface area (Å²) in [5, 5.41) is 0. The summed E-state index contributed by atoms with van der Waals surface area (Å²) in [4.78, 5) is 34.5. The molecular formula is C22H27NO5. The van der Waals surface area contributed by atoms with Crippen molar-refractivity contribution >= 4 is 18.0 Å². The molecule has 0 saturated carbocycles. The number of nitrogens with two attached hydrogens (primary N) is 1. The van der Waals surface area contributed by atoms with Crippen LogP contribution in [0.4, 0.5) is 0 Å². The van der Waals surface area contributed by atoms with Crippen molar-refractivity contribution in [3.63, 3.8) is 0 Å². The number of fused-ring (bicyclic) bond motifs is 2. The Morgan fingerprint density at radius 2 is 1.43 bits per heavy atom. The van der Waals surface area contributed by atoms with Crippen LogP contribution in [0, 0.1) is 6.92 Å². The Bertz CT molecular complexity index is 858. The predicted octanol–water partition coefficient (Wildman–Crippen LogP) is 3.70. The second kappa shape index (κ2) is 10.9. The number of ether oxygens (including phenoxy) is 2. The molecule has 0 spiro atoms. The maximum Gasteiger partial charge on any atom is 0.204 e. The van der Waals surface area contributed by atoms with Gasteiger partial charge in [0.2, 0.25) is 12.2 Å². The molecule has 1 aliphatic carbocycles. The van der Waals surface area contributed by atoms with E-state index in [1.54, 1.807) is 30.3 Å². The zero-order valence-corrected chi connectivity index (χ0v) is 17.0. The lowest BCUT2D eigenvalue weighted by atomic mass is 9.82. The third-order valence-corrected chi connectivity index (χ3v) is 3.82. The first kappa shape index (κ1) is 22.9. The monoisotopic (exact) mass is 385 g/mol. The van der Waals surface area contributed by atoms with Crippen molar-refractivity contribution in [3.05, 3.63) is 58.1 Å². The minimum absolute atomic E-state index is 0.166. The van der Waals surface area contributed by atoms with Gasteiger partial charge in [-0.2, -0.15) is 0 Å². The van der Waals surface area contributed by atoms with Crippen LogP contribution >= 0.6 is 0 Å². The van der Waals surface area contributed by atoms with Crippen LogP contribution in [0.15, 0.2) is 30.3 Å². The van der Waals surface area contributed by atoms with Gasteiger partial charge in [0, 0.05) is 11.1 Å². The maximum atomic E-state index is 13.0. The number of amides is 1. The van der Waals surface area contributed by atoms with Crippen LogP contribution in [-0.4, -0.2) is 31.2 Å². The van der Waals surface area contributed by atoms with Gasteiger partial charge in [-0.25, -0.2) is 0 Å². The molecule has 0 saturated heterocycles. The fourth-order valence-electron chi connectivity index (χ4n) is 2.94. The van der Waals surface area contributed by atoms with E-state index in [1.165, 1.54) is 0 Å². The average molecular weight is 385 g/mol. The summed E-state index contributed by atoms with van der Waals surface area (Å²) in [5.74, 6) is 0.512. The first-order valence-corrected chi connectivity index (χ1v) is 9.28. The van der Waals surface area contributed by atoms with Crippen molar-refractivity contribution in [2.24, 2.45) is 5.73 Å². The minimum atomic E-state index is -0.220. The molecule has 0 heterocycles. The zero-order valence-electron chi connectivity index (χ0n) is 17.0. The van der Waals surface area contributed by atoms with Crippen molar-refractivity contribution in [2.75, 3.05) is 13.2 Å². The lowest BCUT2D eigenvalue weighted by Crippen LogP contribution is -2.23. The standard InChI is InChI=1S/C19H18O4.C2H6.CH3NO/c1-4-22-14-8-6-7-12-16(14)19(21)17-13(18(12)20)9-11(3)10-15(17)23-5-2;1-2;2-1-3/h6-10H,4-5H2,1-3H3;1-2H3;1H,(H2,2,3). The third kappa shape index (κ3) is 4.57. The molecule has 0 aromatic heterocycles. The number of ketones is 2. The molecule has 1 aliphatic rings. The molecule has 0 fully saturated rings. The Kier molecular flexibility index (Phi) is 8.88. The molecule has 3 rings (SSSR count). The Labute approximate surface area is 165 Å². The third-order valence-electron chi connectivity index (χ3n) is 3.82. The van der Waals surface area contributed by atoms with E-state index >= 15 is 0 Å². The first-order valence-electron chi connectivity index (χ1n) is 9.28. The van der Waals surface area contributed by atoms with Gasteiger partial charge in [0.1, 0.15) is 11.5 Å². The second-order valence-corrected chi connectivity index (χ2v) is 5.52. The lowest BCUT2D eigenvalue weighted by Gasteiger charge is -2.22. The highest BCUT2D eigenvalue weighted by molar-refractivity contribution is 6.30. The van der Waals surface area contributed by atoms with Gasteiger partial charge in [0.25, 0.3) is 0 Å². The molecule has 6 heteroatoms. The topological polar surface area (TPSA) is 95.7 Å². The fourth-order valence-corrected chi connectivity index (χ4v) is 2.94. The number of carbonyl (C=O) groups excluding carboxylic acids is 3. The highest BCUT2D eigenvalue weighted by atomic mass is 16.5. The van der Waals surface area contributed by atoms with E-state index in [4.69, 9.17) is 14.3 Å². The highest BCUT2D eigenvalue weighted by Gasteiger charge is 2.35. The lowest BCUT2D eigenvalue weighted by molar-refractivity contribution is -0.106. The molecule has 2 N–H and O–H groups in total. The second-order valence-electron chi connectivity index (χ2n) is 5.52. The summed E-state index contributed by atoms with van der Waals surface area (Å²) >= 11 is 0. The summed E-state index contributed by atoms with van der Waals surface area (Å²) in [7, 11) is 0. The summed E-state index contributed by atoms with van der Waals surface area (Å²) in [6.45, 7) is 10.4.